The van der Waals surface area contributed by atoms with Crippen molar-refractivity contribution in [2.75, 3.05) is 17.3 Å². The Morgan fingerprint density at radius 1 is 1.63 bits per heavy atom. The van der Waals surface area contributed by atoms with Gasteiger partial charge in [-0.05, 0) is 37.5 Å². The highest BCUT2D eigenvalue weighted by Gasteiger charge is 2.15. The number of nitrogens with one attached hydrogen (secondary N) is 1. The highest BCUT2D eigenvalue weighted by molar-refractivity contribution is 7.98. The SMILES string of the molecule is CSCC[C@H](N)C(=O)Nc1cc(C#N)cc(F)c1C. The number of carbonyl (C=O) groups is 1. The Hall–Kier alpha value is -1.58. The number of anilines is 1. The molecule has 102 valence electrons. The third-order valence-electron chi connectivity index (χ3n) is 2.70. The lowest BCUT2D eigenvalue weighted by Crippen LogP contribution is -2.36. The smallest absolute Gasteiger partial charge is 0.241 e. The summed E-state index contributed by atoms with van der Waals surface area (Å²) >= 11 is 1.60. The molecule has 1 atom stereocenters. The summed E-state index contributed by atoms with van der Waals surface area (Å²) in [5.41, 5.74) is 6.48. The van der Waals surface area contributed by atoms with Gasteiger partial charge in [-0.25, -0.2) is 4.39 Å². The van der Waals surface area contributed by atoms with Gasteiger partial charge >= 0.3 is 0 Å². The zero-order valence-corrected chi connectivity index (χ0v) is 11.7. The molecule has 0 aliphatic carbocycles. The van der Waals surface area contributed by atoms with E-state index in [4.69, 9.17) is 11.0 Å². The van der Waals surface area contributed by atoms with Crippen LogP contribution in [0.2, 0.25) is 0 Å². The minimum absolute atomic E-state index is 0.163. The molecule has 0 fully saturated rings. The normalized spacial score (nSPS) is 11.7. The van der Waals surface area contributed by atoms with E-state index < -0.39 is 11.9 Å². The second-order valence-corrected chi connectivity index (χ2v) is 5.11. The van der Waals surface area contributed by atoms with E-state index in [0.29, 0.717) is 17.7 Å². The van der Waals surface area contributed by atoms with Crippen LogP contribution in [0.25, 0.3) is 0 Å². The Labute approximate surface area is 116 Å². The summed E-state index contributed by atoms with van der Waals surface area (Å²) in [4.78, 5) is 11.8. The summed E-state index contributed by atoms with van der Waals surface area (Å²) in [5.74, 6) is -0.112. The standard InChI is InChI=1S/C13H16FN3OS/c1-8-10(14)5-9(7-15)6-12(8)17-13(18)11(16)3-4-19-2/h5-6,11H,3-4,16H2,1-2H3,(H,17,18)/t11-/m0/s1. The summed E-state index contributed by atoms with van der Waals surface area (Å²) in [5, 5.41) is 11.4. The molecule has 0 heterocycles. The van der Waals surface area contributed by atoms with Crippen molar-refractivity contribution in [1.82, 2.24) is 0 Å². The van der Waals surface area contributed by atoms with Crippen LogP contribution in [-0.2, 0) is 4.79 Å². The number of nitrogens with zero attached hydrogens (tertiary/aromatic N) is 1. The Bertz CT molecular complexity index is 513. The van der Waals surface area contributed by atoms with Crippen LogP contribution in [0.3, 0.4) is 0 Å². The topological polar surface area (TPSA) is 78.9 Å². The van der Waals surface area contributed by atoms with E-state index in [-0.39, 0.29) is 11.5 Å². The van der Waals surface area contributed by atoms with Crippen molar-refractivity contribution in [3.05, 3.63) is 29.1 Å². The van der Waals surface area contributed by atoms with Gasteiger partial charge in [0, 0.05) is 11.3 Å². The van der Waals surface area contributed by atoms with Gasteiger partial charge in [0.05, 0.1) is 17.7 Å². The molecule has 1 amide bonds. The van der Waals surface area contributed by atoms with Gasteiger partial charge in [-0.15, -0.1) is 0 Å². The van der Waals surface area contributed by atoms with Gasteiger partial charge in [0.2, 0.25) is 5.91 Å². The number of amides is 1. The summed E-state index contributed by atoms with van der Waals surface area (Å²) in [6.45, 7) is 1.54. The van der Waals surface area contributed by atoms with E-state index >= 15 is 0 Å². The lowest BCUT2D eigenvalue weighted by Gasteiger charge is -2.14. The number of halogens is 1. The van der Waals surface area contributed by atoms with Crippen LogP contribution in [-0.4, -0.2) is 24.0 Å². The number of thioether (sulfide) groups is 1. The monoisotopic (exact) mass is 281 g/mol. The third-order valence-corrected chi connectivity index (χ3v) is 3.34. The molecule has 4 nitrogen and oxygen atoms in total. The first-order valence-electron chi connectivity index (χ1n) is 5.75. The first-order valence-corrected chi connectivity index (χ1v) is 7.14. The van der Waals surface area contributed by atoms with Gasteiger partial charge in [0.1, 0.15) is 5.82 Å². The van der Waals surface area contributed by atoms with Gasteiger partial charge in [-0.1, -0.05) is 0 Å². The number of carbonyl (C=O) groups excluding carboxylic acids is 1. The maximum Gasteiger partial charge on any atom is 0.241 e. The number of nitrogens with two attached hydrogens (primary N) is 1. The van der Waals surface area contributed by atoms with Crippen LogP contribution in [0.1, 0.15) is 17.5 Å². The van der Waals surface area contributed by atoms with Crippen molar-refractivity contribution in [2.24, 2.45) is 5.73 Å². The summed E-state index contributed by atoms with van der Waals surface area (Å²) in [6, 6.07) is 3.79. The van der Waals surface area contributed by atoms with E-state index in [9.17, 15) is 9.18 Å². The average molecular weight is 281 g/mol. The predicted molar refractivity (Wildman–Crippen MR) is 75.5 cm³/mol. The summed E-state index contributed by atoms with van der Waals surface area (Å²) < 4.78 is 13.5. The molecule has 1 aromatic carbocycles. The molecule has 0 saturated heterocycles. The minimum atomic E-state index is -0.638. The molecule has 0 saturated carbocycles. The zero-order chi connectivity index (χ0) is 14.4. The van der Waals surface area contributed by atoms with Crippen LogP contribution < -0.4 is 11.1 Å². The molecule has 0 aliphatic heterocycles. The van der Waals surface area contributed by atoms with Crippen LogP contribution in [0.5, 0.6) is 0 Å². The van der Waals surface area contributed by atoms with Gasteiger partial charge in [0.25, 0.3) is 0 Å². The van der Waals surface area contributed by atoms with Gasteiger partial charge in [-0.3, -0.25) is 4.79 Å². The number of hydrogen-bond acceptors (Lipinski definition) is 4. The molecule has 1 rings (SSSR count). The Morgan fingerprint density at radius 2 is 2.32 bits per heavy atom. The van der Waals surface area contributed by atoms with Crippen molar-refractivity contribution in [2.45, 2.75) is 19.4 Å². The van der Waals surface area contributed by atoms with Crippen molar-refractivity contribution >= 4 is 23.4 Å². The summed E-state index contributed by atoms with van der Waals surface area (Å²) in [6.07, 6.45) is 2.48. The highest BCUT2D eigenvalue weighted by atomic mass is 32.2. The lowest BCUT2D eigenvalue weighted by molar-refractivity contribution is -0.117. The van der Waals surface area contributed by atoms with Gasteiger partial charge in [0.15, 0.2) is 0 Å². The quantitative estimate of drug-likeness (QED) is 0.865. The van der Waals surface area contributed by atoms with Crippen LogP contribution in [0.15, 0.2) is 12.1 Å². The molecular weight excluding hydrogens is 265 g/mol. The Morgan fingerprint density at radius 3 is 2.89 bits per heavy atom. The van der Waals surface area contributed by atoms with E-state index in [2.05, 4.69) is 5.32 Å². The molecular formula is C13H16FN3OS. The largest absolute Gasteiger partial charge is 0.324 e. The fourth-order valence-electron chi connectivity index (χ4n) is 1.47. The molecule has 0 aliphatic rings. The van der Waals surface area contributed by atoms with Crippen molar-refractivity contribution < 1.29 is 9.18 Å². The van der Waals surface area contributed by atoms with E-state index in [1.807, 2.05) is 12.3 Å². The van der Waals surface area contributed by atoms with E-state index in [1.54, 1.807) is 18.7 Å². The Kier molecular flexibility index (Phi) is 5.80. The molecule has 0 bridgehead atoms. The van der Waals surface area contributed by atoms with Crippen LogP contribution in [0.4, 0.5) is 10.1 Å². The molecule has 0 spiro atoms. The highest BCUT2D eigenvalue weighted by Crippen LogP contribution is 2.20. The van der Waals surface area contributed by atoms with Crippen molar-refractivity contribution in [3.63, 3.8) is 0 Å². The molecule has 19 heavy (non-hydrogen) atoms. The lowest BCUT2D eigenvalue weighted by atomic mass is 10.1. The van der Waals surface area contributed by atoms with Crippen LogP contribution in [0, 0.1) is 24.1 Å². The number of hydrogen-bond donors (Lipinski definition) is 2. The van der Waals surface area contributed by atoms with E-state index in [1.165, 1.54) is 6.07 Å². The maximum atomic E-state index is 13.5. The number of nitriles is 1. The first kappa shape index (κ1) is 15.5. The molecule has 0 unspecified atom stereocenters. The molecule has 0 aromatic heterocycles. The van der Waals surface area contributed by atoms with Crippen molar-refractivity contribution in [3.8, 4) is 6.07 Å². The zero-order valence-electron chi connectivity index (χ0n) is 10.9. The average Bonchev–Trinajstić information content (AvgIpc) is 2.40. The van der Waals surface area contributed by atoms with Gasteiger partial charge < -0.3 is 11.1 Å². The fraction of sp³-hybridized carbons (Fsp3) is 0.385. The fourth-order valence-corrected chi connectivity index (χ4v) is 1.96. The van der Waals surface area contributed by atoms with Crippen LogP contribution >= 0.6 is 11.8 Å². The number of rotatable bonds is 5. The van der Waals surface area contributed by atoms with Gasteiger partial charge in [-0.2, -0.15) is 17.0 Å². The molecule has 3 N–H and O–H groups in total. The molecule has 0 radical (unpaired) electrons. The second kappa shape index (κ2) is 7.12. The van der Waals surface area contributed by atoms with E-state index in [0.717, 1.165) is 11.8 Å². The maximum absolute atomic E-state index is 13.5. The predicted octanol–water partition coefficient (Wildman–Crippen LogP) is 2.02. The second-order valence-electron chi connectivity index (χ2n) is 4.12. The summed E-state index contributed by atoms with van der Waals surface area (Å²) in [7, 11) is 0. The first-order chi connectivity index (χ1) is 8.99. The minimum Gasteiger partial charge on any atom is -0.324 e. The molecule has 1 aromatic rings. The third kappa shape index (κ3) is 4.23. The van der Waals surface area contributed by atoms with Crippen molar-refractivity contribution in [1.29, 1.82) is 5.26 Å². The Balaban J connectivity index is 2.85. The molecule has 6 heteroatoms. The number of benzene rings is 1.